The molecule has 0 bridgehead atoms. The number of benzene rings is 2. The number of hydrogen-bond acceptors (Lipinski definition) is 6. The minimum absolute atomic E-state index is 0.0750. The Morgan fingerprint density at radius 1 is 1.00 bits per heavy atom. The quantitative estimate of drug-likeness (QED) is 0.573. The molecule has 1 saturated heterocycles. The van der Waals surface area contributed by atoms with Crippen molar-refractivity contribution in [3.63, 3.8) is 0 Å². The Morgan fingerprint density at radius 2 is 1.69 bits per heavy atom. The van der Waals surface area contributed by atoms with Gasteiger partial charge in [-0.05, 0) is 41.3 Å². The van der Waals surface area contributed by atoms with Crippen molar-refractivity contribution in [2.45, 2.75) is 11.4 Å². The number of thiophene rings is 1. The van der Waals surface area contributed by atoms with Crippen molar-refractivity contribution in [3.8, 4) is 5.75 Å². The smallest absolute Gasteiger partial charge is 0.263 e. The molecule has 0 unspecified atom stereocenters. The van der Waals surface area contributed by atoms with Gasteiger partial charge in [0, 0.05) is 38.4 Å². The van der Waals surface area contributed by atoms with Gasteiger partial charge in [-0.1, -0.05) is 30.3 Å². The van der Waals surface area contributed by atoms with E-state index in [1.807, 2.05) is 54.6 Å². The van der Waals surface area contributed by atoms with Crippen LogP contribution in [0.2, 0.25) is 0 Å². The first-order chi connectivity index (χ1) is 15.5. The van der Waals surface area contributed by atoms with E-state index in [1.165, 1.54) is 10.4 Å². The number of hydrogen-bond donors (Lipinski definition) is 1. The number of carbonyl (C=O) groups excluding carboxylic acids is 1. The molecule has 0 aliphatic carbocycles. The lowest BCUT2D eigenvalue weighted by Crippen LogP contribution is -2.48. The second-order valence-electron chi connectivity index (χ2n) is 7.37. The molecule has 1 aliphatic heterocycles. The Kier molecular flexibility index (Phi) is 6.78. The molecule has 7 nitrogen and oxygen atoms in total. The van der Waals surface area contributed by atoms with Crippen LogP contribution in [0.4, 0.5) is 5.69 Å². The first-order valence-corrected chi connectivity index (χ1v) is 12.6. The van der Waals surface area contributed by atoms with Crippen LogP contribution >= 0.6 is 11.3 Å². The van der Waals surface area contributed by atoms with Crippen LogP contribution in [0.25, 0.3) is 0 Å². The molecule has 0 saturated carbocycles. The Hall–Kier alpha value is -2.88. The van der Waals surface area contributed by atoms with Crippen LogP contribution in [0.5, 0.6) is 5.75 Å². The van der Waals surface area contributed by atoms with Crippen LogP contribution in [0, 0.1) is 0 Å². The van der Waals surface area contributed by atoms with E-state index in [0.717, 1.165) is 28.3 Å². The summed E-state index contributed by atoms with van der Waals surface area (Å²) in [5.74, 6) is 0.407. The minimum atomic E-state index is -3.76. The van der Waals surface area contributed by atoms with Gasteiger partial charge in [-0.25, -0.2) is 8.42 Å². The maximum Gasteiger partial charge on any atom is 0.263 e. The maximum atomic E-state index is 13.3. The fourth-order valence-electron chi connectivity index (χ4n) is 3.64. The molecule has 9 heteroatoms. The molecule has 1 fully saturated rings. The van der Waals surface area contributed by atoms with E-state index in [1.54, 1.807) is 12.5 Å². The van der Waals surface area contributed by atoms with Crippen molar-refractivity contribution < 1.29 is 17.9 Å². The molecule has 0 radical (unpaired) electrons. The van der Waals surface area contributed by atoms with Gasteiger partial charge in [0.2, 0.25) is 10.0 Å². The van der Waals surface area contributed by atoms with E-state index >= 15 is 0 Å². The average Bonchev–Trinajstić information content (AvgIpc) is 3.34. The van der Waals surface area contributed by atoms with Gasteiger partial charge >= 0.3 is 0 Å². The molecule has 168 valence electrons. The number of sulfonamides is 1. The summed E-state index contributed by atoms with van der Waals surface area (Å²) < 4.78 is 33.2. The second kappa shape index (κ2) is 9.72. The summed E-state index contributed by atoms with van der Waals surface area (Å²) in [6.07, 6.45) is 0. The number of ether oxygens (including phenoxy) is 1. The molecule has 4 rings (SSSR count). The molecule has 1 N–H and O–H groups in total. The monoisotopic (exact) mass is 471 g/mol. The molecular weight excluding hydrogens is 446 g/mol. The highest BCUT2D eigenvalue weighted by molar-refractivity contribution is 7.89. The third-order valence-corrected chi connectivity index (χ3v) is 8.41. The molecule has 1 aromatic heterocycles. The summed E-state index contributed by atoms with van der Waals surface area (Å²) in [5.41, 5.74) is 1.98. The summed E-state index contributed by atoms with van der Waals surface area (Å²) in [4.78, 5) is 15.2. The van der Waals surface area contributed by atoms with Crippen LogP contribution in [-0.4, -0.2) is 51.9 Å². The van der Waals surface area contributed by atoms with Crippen LogP contribution < -0.4 is 15.0 Å². The first-order valence-electron chi connectivity index (χ1n) is 10.3. The Labute approximate surface area is 192 Å². The van der Waals surface area contributed by atoms with E-state index in [9.17, 15) is 13.2 Å². The Morgan fingerprint density at radius 3 is 2.34 bits per heavy atom. The van der Waals surface area contributed by atoms with Crippen molar-refractivity contribution in [3.05, 3.63) is 76.5 Å². The molecule has 0 spiro atoms. The molecule has 1 aliphatic rings. The average molecular weight is 472 g/mol. The molecule has 0 atom stereocenters. The normalized spacial score (nSPS) is 14.8. The van der Waals surface area contributed by atoms with Gasteiger partial charge < -0.3 is 15.0 Å². The first kappa shape index (κ1) is 22.3. The number of piperazine rings is 1. The van der Waals surface area contributed by atoms with Crippen molar-refractivity contribution in [2.24, 2.45) is 0 Å². The van der Waals surface area contributed by atoms with E-state index in [2.05, 4.69) is 10.2 Å². The Balaban J connectivity index is 1.42. The summed E-state index contributed by atoms with van der Waals surface area (Å²) in [6, 6.07) is 18.8. The number of rotatable bonds is 7. The minimum Gasteiger partial charge on any atom is -0.497 e. The predicted octanol–water partition coefficient (Wildman–Crippen LogP) is 3.20. The lowest BCUT2D eigenvalue weighted by molar-refractivity contribution is 0.0952. The van der Waals surface area contributed by atoms with E-state index in [0.29, 0.717) is 32.7 Å². The zero-order chi connectivity index (χ0) is 22.6. The molecule has 1 amide bonds. The summed E-state index contributed by atoms with van der Waals surface area (Å²) >= 11 is 1.14. The van der Waals surface area contributed by atoms with Crippen LogP contribution in [0.3, 0.4) is 0 Å². The summed E-state index contributed by atoms with van der Waals surface area (Å²) in [6.45, 7) is 2.21. The number of anilines is 1. The highest BCUT2D eigenvalue weighted by Gasteiger charge is 2.32. The van der Waals surface area contributed by atoms with Crippen LogP contribution in [0.15, 0.2) is 70.9 Å². The number of methoxy groups -OCH3 is 1. The third-order valence-electron chi connectivity index (χ3n) is 5.43. The summed E-state index contributed by atoms with van der Waals surface area (Å²) in [5, 5.41) is 4.48. The van der Waals surface area contributed by atoms with Crippen LogP contribution in [0.1, 0.15) is 15.2 Å². The standard InChI is InChI=1S/C23H25N3O4S2/c1-30-20-9-7-19(8-10-20)25-12-14-26(15-13-25)32(28,29)21-11-16-31-22(21)23(27)24-17-18-5-3-2-4-6-18/h2-11,16H,12-15,17H2,1H3,(H,24,27). The number of amides is 1. The molecule has 3 aromatic rings. The Bertz CT molecular complexity index is 1150. The van der Waals surface area contributed by atoms with Crippen molar-refractivity contribution in [1.29, 1.82) is 0 Å². The van der Waals surface area contributed by atoms with Gasteiger partial charge in [-0.15, -0.1) is 11.3 Å². The van der Waals surface area contributed by atoms with Gasteiger partial charge in [0.15, 0.2) is 0 Å². The van der Waals surface area contributed by atoms with Gasteiger partial charge in [0.1, 0.15) is 15.5 Å². The highest BCUT2D eigenvalue weighted by atomic mass is 32.2. The van der Waals surface area contributed by atoms with Crippen molar-refractivity contribution >= 4 is 33.0 Å². The predicted molar refractivity (Wildman–Crippen MR) is 126 cm³/mol. The van der Waals surface area contributed by atoms with Crippen LogP contribution in [-0.2, 0) is 16.6 Å². The lowest BCUT2D eigenvalue weighted by atomic mass is 10.2. The number of nitrogens with zero attached hydrogens (tertiary/aromatic N) is 2. The van der Waals surface area contributed by atoms with Gasteiger partial charge in [-0.2, -0.15) is 4.31 Å². The zero-order valence-electron chi connectivity index (χ0n) is 17.7. The van der Waals surface area contributed by atoms with E-state index in [-0.39, 0.29) is 15.7 Å². The van der Waals surface area contributed by atoms with Gasteiger partial charge in [0.05, 0.1) is 7.11 Å². The van der Waals surface area contributed by atoms with Crippen molar-refractivity contribution in [2.75, 3.05) is 38.2 Å². The lowest BCUT2D eigenvalue weighted by Gasteiger charge is -2.35. The number of nitrogens with one attached hydrogen (secondary N) is 1. The highest BCUT2D eigenvalue weighted by Crippen LogP contribution is 2.27. The van der Waals surface area contributed by atoms with Gasteiger partial charge in [-0.3, -0.25) is 4.79 Å². The fraction of sp³-hybridized carbons (Fsp3) is 0.261. The third kappa shape index (κ3) is 4.79. The topological polar surface area (TPSA) is 79.0 Å². The fourth-order valence-corrected chi connectivity index (χ4v) is 6.38. The molecule has 32 heavy (non-hydrogen) atoms. The van der Waals surface area contributed by atoms with Crippen molar-refractivity contribution in [1.82, 2.24) is 9.62 Å². The summed E-state index contributed by atoms with van der Waals surface area (Å²) in [7, 11) is -2.13. The number of carbonyl (C=O) groups is 1. The second-order valence-corrected chi connectivity index (χ2v) is 10.2. The molecule has 2 aromatic carbocycles. The maximum absolute atomic E-state index is 13.3. The van der Waals surface area contributed by atoms with Gasteiger partial charge in [0.25, 0.3) is 5.91 Å². The largest absolute Gasteiger partial charge is 0.497 e. The molecular formula is C23H25N3O4S2. The molecule has 2 heterocycles. The zero-order valence-corrected chi connectivity index (χ0v) is 19.4. The van der Waals surface area contributed by atoms with E-state index < -0.39 is 10.0 Å². The van der Waals surface area contributed by atoms with E-state index in [4.69, 9.17) is 4.74 Å². The SMILES string of the molecule is COc1ccc(N2CCN(S(=O)(=O)c3ccsc3C(=O)NCc3ccccc3)CC2)cc1.